The fourth-order valence-corrected chi connectivity index (χ4v) is 5.95. The van der Waals surface area contributed by atoms with Gasteiger partial charge in [0.1, 0.15) is 12.3 Å². The lowest BCUT2D eigenvalue weighted by atomic mass is 10.2. The van der Waals surface area contributed by atoms with Gasteiger partial charge in [0, 0.05) is 12.6 Å². The van der Waals surface area contributed by atoms with Crippen LogP contribution in [-0.2, 0) is 31.6 Å². The Labute approximate surface area is 179 Å². The van der Waals surface area contributed by atoms with Gasteiger partial charge in [0.2, 0.25) is 11.8 Å². The molecule has 0 radical (unpaired) electrons. The van der Waals surface area contributed by atoms with Crippen molar-refractivity contribution in [3.63, 3.8) is 0 Å². The van der Waals surface area contributed by atoms with Crippen LogP contribution in [0.5, 0.6) is 5.88 Å². The van der Waals surface area contributed by atoms with Crippen LogP contribution in [0.1, 0.15) is 12.6 Å². The predicted molar refractivity (Wildman–Crippen MR) is 103 cm³/mol. The molecule has 0 bridgehead atoms. The fourth-order valence-electron chi connectivity index (χ4n) is 2.92. The van der Waals surface area contributed by atoms with Gasteiger partial charge in [-0.3, -0.25) is 4.52 Å². The lowest BCUT2D eigenvalue weighted by Gasteiger charge is -2.19. The van der Waals surface area contributed by atoms with E-state index in [1.54, 1.807) is 12.3 Å². The summed E-state index contributed by atoms with van der Waals surface area (Å²) in [5.41, 5.74) is 6.00. The van der Waals surface area contributed by atoms with Gasteiger partial charge in [-0.2, -0.15) is 18.6 Å². The molecule has 0 spiro atoms. The molecule has 3 rings (SSSR count). The first-order valence-electron chi connectivity index (χ1n) is 8.49. The Balaban J connectivity index is 1.68. The second-order valence-electron chi connectivity index (χ2n) is 6.37. The molecule has 0 aromatic carbocycles. The van der Waals surface area contributed by atoms with Crippen LogP contribution in [-0.4, -0.2) is 65.1 Å². The van der Waals surface area contributed by atoms with E-state index in [-0.39, 0.29) is 18.2 Å². The summed E-state index contributed by atoms with van der Waals surface area (Å²) in [6, 6.07) is 1.63. The van der Waals surface area contributed by atoms with Crippen molar-refractivity contribution in [2.45, 2.75) is 24.9 Å². The Morgan fingerprint density at radius 3 is 2.50 bits per heavy atom. The van der Waals surface area contributed by atoms with Gasteiger partial charge in [-0.25, -0.2) is 13.7 Å². The Bertz CT molecular complexity index is 1130. The summed E-state index contributed by atoms with van der Waals surface area (Å²) in [5.74, 6) is 0.144. The first-order chi connectivity index (χ1) is 14.7. The third-order valence-corrected chi connectivity index (χ3v) is 7.88. The number of methoxy groups -OCH3 is 1. The Kier molecular flexibility index (Phi) is 7.13. The Morgan fingerprint density at radius 2 is 1.88 bits per heavy atom. The quantitative estimate of drug-likeness (QED) is 0.238. The van der Waals surface area contributed by atoms with Crippen molar-refractivity contribution >= 4 is 40.4 Å². The monoisotopic (exact) mass is 520 g/mol. The topological polar surface area (TPSA) is 255 Å². The molecule has 3 heterocycles. The number of ether oxygens (including phenoxy) is 2. The molecule has 0 amide bonds. The van der Waals surface area contributed by atoms with Gasteiger partial charge in [-0.05, 0) is 6.07 Å². The first-order valence-corrected chi connectivity index (χ1v) is 13.0. The van der Waals surface area contributed by atoms with Crippen LogP contribution in [0.2, 0.25) is 0 Å². The van der Waals surface area contributed by atoms with Gasteiger partial charge in [0.25, 0.3) is 0 Å². The van der Waals surface area contributed by atoms with E-state index in [4.69, 9.17) is 29.9 Å². The lowest BCUT2D eigenvalue weighted by Crippen LogP contribution is -2.26. The van der Waals surface area contributed by atoms with Crippen LogP contribution in [0.3, 0.4) is 0 Å². The van der Waals surface area contributed by atoms with Crippen LogP contribution in [0.25, 0.3) is 11.0 Å². The zero-order valence-corrected chi connectivity index (χ0v) is 18.7. The highest BCUT2D eigenvalue weighted by molar-refractivity contribution is 7.66. The minimum atomic E-state index is -5.65. The van der Waals surface area contributed by atoms with Gasteiger partial charge < -0.3 is 44.5 Å². The molecule has 5 atom stereocenters. The zero-order valence-electron chi connectivity index (χ0n) is 16.1. The molecular weight excluding hydrogens is 501 g/mol. The SMILES string of the molecule is COc1nc(N)nc2c1ccn2[C@H]1C[C@H](O)[C@@H](COP(=O)(O)OP(=O)(O)OP(=O)(O)O)O1. The highest BCUT2D eigenvalue weighted by atomic mass is 31.3. The number of aliphatic hydroxyl groups is 1. The first kappa shape index (κ1) is 25.2. The number of phosphoric acid groups is 3. The van der Waals surface area contributed by atoms with E-state index in [2.05, 4.69) is 23.1 Å². The second kappa shape index (κ2) is 9.06. The van der Waals surface area contributed by atoms with E-state index >= 15 is 0 Å². The van der Waals surface area contributed by atoms with Gasteiger partial charge in [-0.15, -0.1) is 0 Å². The zero-order chi connectivity index (χ0) is 23.9. The molecule has 0 saturated carbocycles. The highest BCUT2D eigenvalue weighted by Crippen LogP contribution is 2.66. The van der Waals surface area contributed by atoms with Gasteiger partial charge >= 0.3 is 23.5 Å². The number of anilines is 1. The molecule has 2 unspecified atom stereocenters. The van der Waals surface area contributed by atoms with E-state index in [9.17, 15) is 23.7 Å². The molecule has 1 aliphatic heterocycles. The standard InChI is InChI=1S/C12H19N4O13P3/c1-25-11-6-2-3-16(10(6)14-12(13)15-11)9-4-7(17)8(27-9)5-26-31(21,22)29-32(23,24)28-30(18,19)20/h2-3,7-9,17H,4-5H2,1H3,(H,21,22)(H,23,24)(H2,13,14,15)(H2,18,19,20)/t7-,8+,9+/m0/s1. The summed E-state index contributed by atoms with van der Waals surface area (Å²) in [5, 5.41) is 10.7. The summed E-state index contributed by atoms with van der Waals surface area (Å²) < 4.78 is 57.8. The van der Waals surface area contributed by atoms with Crippen molar-refractivity contribution in [1.82, 2.24) is 14.5 Å². The molecule has 0 aliphatic carbocycles. The molecule has 1 aliphatic rings. The largest absolute Gasteiger partial charge is 0.490 e. The second-order valence-corrected chi connectivity index (χ2v) is 10.8. The van der Waals surface area contributed by atoms with Crippen molar-refractivity contribution in [1.29, 1.82) is 0 Å². The molecule has 7 N–H and O–H groups in total. The van der Waals surface area contributed by atoms with E-state index in [0.29, 0.717) is 11.0 Å². The van der Waals surface area contributed by atoms with Crippen LogP contribution in [0.4, 0.5) is 5.95 Å². The minimum Gasteiger partial charge on any atom is -0.480 e. The number of hydrogen-bond donors (Lipinski definition) is 6. The Hall–Kier alpha value is -1.45. The van der Waals surface area contributed by atoms with Crippen LogP contribution < -0.4 is 10.5 Å². The number of rotatable bonds is 9. The van der Waals surface area contributed by atoms with E-state index < -0.39 is 48.5 Å². The molecule has 32 heavy (non-hydrogen) atoms. The molecule has 2 aromatic heterocycles. The normalized spacial score (nSPS) is 25.5. The smallest absolute Gasteiger partial charge is 0.480 e. The van der Waals surface area contributed by atoms with Crippen molar-refractivity contribution in [2.24, 2.45) is 0 Å². The van der Waals surface area contributed by atoms with E-state index in [1.165, 1.54) is 11.7 Å². The number of aromatic nitrogens is 3. The van der Waals surface area contributed by atoms with Crippen LogP contribution in [0, 0.1) is 0 Å². The number of phosphoric ester groups is 1. The summed E-state index contributed by atoms with van der Waals surface area (Å²) in [7, 11) is -15.1. The number of nitrogens with two attached hydrogens (primary N) is 1. The van der Waals surface area contributed by atoms with Crippen molar-refractivity contribution in [3.8, 4) is 5.88 Å². The van der Waals surface area contributed by atoms with Crippen LogP contribution in [0.15, 0.2) is 12.3 Å². The summed E-state index contributed by atoms with van der Waals surface area (Å²) in [6.45, 7) is -0.791. The predicted octanol–water partition coefficient (Wildman–Crippen LogP) is 0.0138. The molecule has 2 aromatic rings. The minimum absolute atomic E-state index is 0.000424. The van der Waals surface area contributed by atoms with E-state index in [1.807, 2.05) is 0 Å². The maximum Gasteiger partial charge on any atom is 0.490 e. The maximum atomic E-state index is 11.8. The highest BCUT2D eigenvalue weighted by Gasteiger charge is 2.43. The average molecular weight is 520 g/mol. The molecule has 180 valence electrons. The molecule has 20 heteroatoms. The van der Waals surface area contributed by atoms with Crippen molar-refractivity contribution in [2.75, 3.05) is 19.5 Å². The third-order valence-electron chi connectivity index (χ3n) is 4.08. The van der Waals surface area contributed by atoms with Gasteiger partial charge in [-0.1, -0.05) is 0 Å². The van der Waals surface area contributed by atoms with E-state index in [0.717, 1.165) is 0 Å². The molecular formula is C12H19N4O13P3. The summed E-state index contributed by atoms with van der Waals surface area (Å²) in [6.07, 6.45) is -1.63. The average Bonchev–Trinajstić information content (AvgIpc) is 3.19. The lowest BCUT2D eigenvalue weighted by molar-refractivity contribution is -0.0421. The van der Waals surface area contributed by atoms with Crippen molar-refractivity contribution in [3.05, 3.63) is 12.3 Å². The number of nitrogen functional groups attached to an aromatic ring is 1. The molecule has 1 saturated heterocycles. The number of hydrogen-bond acceptors (Lipinski definition) is 12. The third kappa shape index (κ3) is 6.11. The Morgan fingerprint density at radius 1 is 1.19 bits per heavy atom. The number of aliphatic hydroxyl groups excluding tert-OH is 1. The van der Waals surface area contributed by atoms with Crippen LogP contribution >= 0.6 is 23.5 Å². The summed E-state index contributed by atoms with van der Waals surface area (Å²) >= 11 is 0. The maximum absolute atomic E-state index is 11.8. The number of nitrogens with zero attached hydrogens (tertiary/aromatic N) is 3. The fraction of sp³-hybridized carbons (Fsp3) is 0.500. The van der Waals surface area contributed by atoms with Gasteiger partial charge in [0.15, 0.2) is 5.65 Å². The molecule has 17 nitrogen and oxygen atoms in total. The number of fused-ring (bicyclic) bond motifs is 1. The molecule has 1 fully saturated rings. The summed E-state index contributed by atoms with van der Waals surface area (Å²) in [4.78, 5) is 43.8. The van der Waals surface area contributed by atoms with Gasteiger partial charge in [0.05, 0.1) is 25.2 Å². The van der Waals surface area contributed by atoms with Crippen molar-refractivity contribution < 1.29 is 61.0 Å².